The third-order valence-electron chi connectivity index (χ3n) is 2.28. The Morgan fingerprint density at radius 1 is 1.22 bits per heavy atom. The van der Waals surface area contributed by atoms with Gasteiger partial charge < -0.3 is 4.84 Å². The topological polar surface area (TPSA) is 81.2 Å². The Bertz CT molecular complexity index is 685. The van der Waals surface area contributed by atoms with E-state index in [9.17, 15) is 14.4 Å². The highest BCUT2D eigenvalue weighted by atomic mass is 16.7. The number of carbonyl (C=O) groups is 1. The number of benzene rings is 1. The lowest BCUT2D eigenvalue weighted by Gasteiger charge is -2.05. The molecule has 6 nitrogen and oxygen atoms in total. The second-order valence-electron chi connectivity index (χ2n) is 3.64. The normalized spacial score (nSPS) is 10.1. The van der Waals surface area contributed by atoms with Crippen LogP contribution in [-0.4, -0.2) is 15.7 Å². The molecule has 2 rings (SSSR count). The monoisotopic (exact) mass is 246 g/mol. The number of hydrogen-bond donors (Lipinski definition) is 1. The number of H-pyrrole nitrogens is 1. The molecule has 0 bridgehead atoms. The maximum atomic E-state index is 11.7. The number of nitrogens with one attached hydrogen (secondary N) is 1. The van der Waals surface area contributed by atoms with Gasteiger partial charge in [-0.3, -0.25) is 9.78 Å². The van der Waals surface area contributed by atoms with Crippen molar-refractivity contribution in [3.8, 4) is 0 Å². The van der Waals surface area contributed by atoms with Gasteiger partial charge >= 0.3 is 11.7 Å². The van der Waals surface area contributed by atoms with Crippen LogP contribution in [0.1, 0.15) is 15.9 Å². The average Bonchev–Trinajstić information content (AvgIpc) is 2.37. The maximum absolute atomic E-state index is 11.7. The summed E-state index contributed by atoms with van der Waals surface area (Å²) in [6, 6.07) is 8.24. The van der Waals surface area contributed by atoms with Gasteiger partial charge in [0.05, 0.1) is 11.8 Å². The second kappa shape index (κ2) is 4.70. The molecule has 18 heavy (non-hydrogen) atoms. The average molecular weight is 246 g/mol. The van der Waals surface area contributed by atoms with Crippen LogP contribution in [-0.2, 0) is 0 Å². The Kier molecular flexibility index (Phi) is 3.09. The molecule has 1 aromatic heterocycles. The van der Waals surface area contributed by atoms with Gasteiger partial charge in [-0.25, -0.2) is 9.59 Å². The minimum atomic E-state index is -0.796. The van der Waals surface area contributed by atoms with Crippen molar-refractivity contribution < 1.29 is 9.63 Å². The summed E-state index contributed by atoms with van der Waals surface area (Å²) in [5, 5.41) is 0. The van der Waals surface area contributed by atoms with Crippen molar-refractivity contribution >= 4 is 5.97 Å². The van der Waals surface area contributed by atoms with Crippen LogP contribution in [0.15, 0.2) is 46.1 Å². The molecule has 0 unspecified atom stereocenters. The molecule has 1 N–H and O–H groups in total. The highest BCUT2D eigenvalue weighted by Gasteiger charge is 2.09. The number of nitrogens with zero attached hydrogens (tertiary/aromatic N) is 1. The van der Waals surface area contributed by atoms with E-state index in [0.29, 0.717) is 10.3 Å². The third-order valence-corrected chi connectivity index (χ3v) is 2.28. The zero-order chi connectivity index (χ0) is 13.1. The molecule has 2 aromatic rings. The van der Waals surface area contributed by atoms with Crippen LogP contribution in [0.5, 0.6) is 0 Å². The quantitative estimate of drug-likeness (QED) is 0.815. The van der Waals surface area contributed by atoms with Gasteiger partial charge in [-0.1, -0.05) is 18.2 Å². The van der Waals surface area contributed by atoms with E-state index < -0.39 is 17.2 Å². The predicted molar refractivity (Wildman–Crippen MR) is 63.4 cm³/mol. The lowest BCUT2D eigenvalue weighted by Crippen LogP contribution is -2.36. The minimum absolute atomic E-state index is 0.274. The van der Waals surface area contributed by atoms with E-state index in [4.69, 9.17) is 4.84 Å². The molecule has 0 spiro atoms. The van der Waals surface area contributed by atoms with E-state index >= 15 is 0 Å². The fourth-order valence-electron chi connectivity index (χ4n) is 1.33. The summed E-state index contributed by atoms with van der Waals surface area (Å²) in [4.78, 5) is 41.1. The van der Waals surface area contributed by atoms with Gasteiger partial charge in [-0.2, -0.15) is 0 Å². The molecule has 1 heterocycles. The summed E-state index contributed by atoms with van der Waals surface area (Å²) in [7, 11) is 0. The Labute approximate surface area is 101 Å². The standard InChI is InChI=1S/C12H10N2O4/c1-8-7-14(12(17)13-10(8)15)18-11(16)9-5-3-2-4-6-9/h2-7H,1H3,(H,13,15,17). The first kappa shape index (κ1) is 11.8. The maximum Gasteiger partial charge on any atom is 0.363 e. The summed E-state index contributed by atoms with van der Waals surface area (Å²) < 4.78 is 0.700. The second-order valence-corrected chi connectivity index (χ2v) is 3.64. The van der Waals surface area contributed by atoms with Crippen molar-refractivity contribution in [1.29, 1.82) is 0 Å². The molecule has 0 aliphatic heterocycles. The van der Waals surface area contributed by atoms with Gasteiger partial charge in [0, 0.05) is 5.56 Å². The lowest BCUT2D eigenvalue weighted by molar-refractivity contribution is 0.0433. The van der Waals surface area contributed by atoms with Crippen LogP contribution in [0.25, 0.3) is 0 Å². The van der Waals surface area contributed by atoms with Crippen molar-refractivity contribution in [1.82, 2.24) is 9.71 Å². The van der Waals surface area contributed by atoms with Crippen molar-refractivity contribution in [2.75, 3.05) is 0 Å². The summed E-state index contributed by atoms with van der Waals surface area (Å²) >= 11 is 0. The summed E-state index contributed by atoms with van der Waals surface area (Å²) in [6.45, 7) is 1.51. The van der Waals surface area contributed by atoms with Crippen LogP contribution in [0, 0.1) is 6.92 Å². The van der Waals surface area contributed by atoms with Gasteiger partial charge in [0.25, 0.3) is 5.56 Å². The Balaban J connectivity index is 2.31. The lowest BCUT2D eigenvalue weighted by atomic mass is 10.2. The molecular formula is C12H10N2O4. The first-order chi connectivity index (χ1) is 8.58. The van der Waals surface area contributed by atoms with E-state index in [1.165, 1.54) is 13.1 Å². The third kappa shape index (κ3) is 2.37. The van der Waals surface area contributed by atoms with Gasteiger partial charge in [0.2, 0.25) is 0 Å². The fourth-order valence-corrected chi connectivity index (χ4v) is 1.33. The van der Waals surface area contributed by atoms with Crippen LogP contribution in [0.4, 0.5) is 0 Å². The smallest absolute Gasteiger partial charge is 0.327 e. The molecule has 92 valence electrons. The van der Waals surface area contributed by atoms with Gasteiger partial charge in [0.15, 0.2) is 0 Å². The largest absolute Gasteiger partial charge is 0.363 e. The Morgan fingerprint density at radius 2 is 1.89 bits per heavy atom. The minimum Gasteiger partial charge on any atom is -0.327 e. The van der Waals surface area contributed by atoms with Gasteiger partial charge in [-0.05, 0) is 19.1 Å². The molecule has 6 heteroatoms. The highest BCUT2D eigenvalue weighted by molar-refractivity contribution is 5.89. The first-order valence-corrected chi connectivity index (χ1v) is 5.18. The molecule has 0 aliphatic rings. The molecule has 1 aromatic carbocycles. The number of aromatic nitrogens is 2. The predicted octanol–water partition coefficient (Wildman–Crippen LogP) is 0.114. The summed E-state index contributed by atoms with van der Waals surface area (Å²) in [6.07, 6.45) is 1.17. The van der Waals surface area contributed by atoms with E-state index in [1.54, 1.807) is 30.3 Å². The molecular weight excluding hydrogens is 236 g/mol. The Morgan fingerprint density at radius 3 is 2.56 bits per heavy atom. The molecule has 0 radical (unpaired) electrons. The number of hydrogen-bond acceptors (Lipinski definition) is 4. The van der Waals surface area contributed by atoms with Crippen molar-refractivity contribution in [2.24, 2.45) is 0 Å². The SMILES string of the molecule is Cc1cn(OC(=O)c2ccccc2)c(=O)[nH]c1=O. The number of aromatic amines is 1. The van der Waals surface area contributed by atoms with Crippen LogP contribution >= 0.6 is 0 Å². The van der Waals surface area contributed by atoms with Gasteiger partial charge in [0.1, 0.15) is 0 Å². The number of carbonyl (C=O) groups excluding carboxylic acids is 1. The van der Waals surface area contributed by atoms with Crippen molar-refractivity contribution in [3.05, 3.63) is 68.5 Å². The summed E-state index contributed by atoms with van der Waals surface area (Å²) in [5.74, 6) is -0.677. The van der Waals surface area contributed by atoms with Crippen molar-refractivity contribution in [2.45, 2.75) is 6.92 Å². The Hall–Kier alpha value is -2.63. The molecule has 0 atom stereocenters. The van der Waals surface area contributed by atoms with E-state index in [1.807, 2.05) is 4.98 Å². The van der Waals surface area contributed by atoms with Crippen LogP contribution < -0.4 is 16.1 Å². The van der Waals surface area contributed by atoms with Gasteiger partial charge in [-0.15, -0.1) is 4.73 Å². The first-order valence-electron chi connectivity index (χ1n) is 5.18. The summed E-state index contributed by atoms with van der Waals surface area (Å²) in [5.41, 5.74) is -0.717. The highest BCUT2D eigenvalue weighted by Crippen LogP contribution is 1.98. The fraction of sp³-hybridized carbons (Fsp3) is 0.0833. The molecule has 0 amide bonds. The van der Waals surface area contributed by atoms with Crippen molar-refractivity contribution in [3.63, 3.8) is 0 Å². The molecule has 0 saturated carbocycles. The zero-order valence-electron chi connectivity index (χ0n) is 9.54. The zero-order valence-corrected chi connectivity index (χ0v) is 9.54. The van der Waals surface area contributed by atoms with E-state index in [2.05, 4.69) is 0 Å². The number of aryl methyl sites for hydroxylation is 1. The van der Waals surface area contributed by atoms with E-state index in [0.717, 1.165) is 0 Å². The van der Waals surface area contributed by atoms with Crippen LogP contribution in [0.2, 0.25) is 0 Å². The van der Waals surface area contributed by atoms with Crippen LogP contribution in [0.3, 0.4) is 0 Å². The molecule has 0 fully saturated rings. The molecule has 0 saturated heterocycles. The van der Waals surface area contributed by atoms with E-state index in [-0.39, 0.29) is 5.56 Å². The molecule has 0 aliphatic carbocycles. The number of rotatable bonds is 2.